The molecule has 4 heteroatoms. The minimum atomic E-state index is -0.280. The maximum absolute atomic E-state index is 12.9. The van der Waals surface area contributed by atoms with E-state index < -0.39 is 0 Å². The molecule has 0 spiro atoms. The molecule has 2 N–H and O–H groups in total. The smallest absolute Gasteiger partial charge is 0.123 e. The van der Waals surface area contributed by atoms with Crippen molar-refractivity contribution in [2.45, 2.75) is 13.5 Å². The Morgan fingerprint density at radius 3 is 2.72 bits per heavy atom. The molecule has 0 unspecified atom stereocenters. The van der Waals surface area contributed by atoms with Crippen molar-refractivity contribution in [2.75, 3.05) is 5.73 Å². The molecule has 0 bridgehead atoms. The first-order valence-corrected chi connectivity index (χ1v) is 5.87. The SMILES string of the molecule is Cc1cc(F)ccc1OCc1c(N)cccc1Cl. The van der Waals surface area contributed by atoms with E-state index in [9.17, 15) is 4.39 Å². The number of nitrogen functional groups attached to an aromatic ring is 1. The number of hydrogen-bond acceptors (Lipinski definition) is 2. The predicted octanol–water partition coefficient (Wildman–Crippen LogP) is 3.95. The molecule has 0 amide bonds. The van der Waals surface area contributed by atoms with Crippen molar-refractivity contribution in [3.63, 3.8) is 0 Å². The Hall–Kier alpha value is -1.74. The monoisotopic (exact) mass is 265 g/mol. The summed E-state index contributed by atoms with van der Waals surface area (Å²) in [5.41, 5.74) is 7.88. The summed E-state index contributed by atoms with van der Waals surface area (Å²) in [5.74, 6) is 0.341. The van der Waals surface area contributed by atoms with Crippen molar-refractivity contribution in [2.24, 2.45) is 0 Å². The Kier molecular flexibility index (Phi) is 3.72. The quantitative estimate of drug-likeness (QED) is 0.853. The van der Waals surface area contributed by atoms with Crippen LogP contribution in [0.4, 0.5) is 10.1 Å². The van der Waals surface area contributed by atoms with E-state index in [4.69, 9.17) is 22.1 Å². The maximum Gasteiger partial charge on any atom is 0.123 e. The molecular weight excluding hydrogens is 253 g/mol. The molecule has 0 heterocycles. The van der Waals surface area contributed by atoms with Gasteiger partial charge in [0.15, 0.2) is 0 Å². The summed E-state index contributed by atoms with van der Waals surface area (Å²) in [6.45, 7) is 2.05. The zero-order chi connectivity index (χ0) is 13.1. The van der Waals surface area contributed by atoms with Gasteiger partial charge in [0.25, 0.3) is 0 Å². The van der Waals surface area contributed by atoms with Gasteiger partial charge >= 0.3 is 0 Å². The zero-order valence-electron chi connectivity index (χ0n) is 9.91. The molecule has 18 heavy (non-hydrogen) atoms. The Balaban J connectivity index is 2.16. The van der Waals surface area contributed by atoms with Crippen molar-refractivity contribution < 1.29 is 9.13 Å². The highest BCUT2D eigenvalue weighted by Crippen LogP contribution is 2.25. The molecule has 0 radical (unpaired) electrons. The van der Waals surface area contributed by atoms with Gasteiger partial charge in [-0.05, 0) is 42.8 Å². The Labute approximate surface area is 110 Å². The summed E-state index contributed by atoms with van der Waals surface area (Å²) in [6.07, 6.45) is 0. The second-order valence-corrected chi connectivity index (χ2v) is 4.41. The molecule has 0 fully saturated rings. The van der Waals surface area contributed by atoms with Crippen LogP contribution in [0.15, 0.2) is 36.4 Å². The molecule has 0 aliphatic heterocycles. The van der Waals surface area contributed by atoms with Gasteiger partial charge in [0.1, 0.15) is 18.2 Å². The summed E-state index contributed by atoms with van der Waals surface area (Å²) in [5, 5.41) is 0.565. The second kappa shape index (κ2) is 5.27. The third-order valence-corrected chi connectivity index (χ3v) is 3.02. The van der Waals surface area contributed by atoms with Gasteiger partial charge < -0.3 is 10.5 Å². The summed E-state index contributed by atoms with van der Waals surface area (Å²) in [6, 6.07) is 9.68. The molecule has 2 aromatic rings. The van der Waals surface area contributed by atoms with Gasteiger partial charge in [-0.3, -0.25) is 0 Å². The molecule has 0 atom stereocenters. The molecular formula is C14H13ClFNO. The molecule has 2 aromatic carbocycles. The van der Waals surface area contributed by atoms with E-state index >= 15 is 0 Å². The van der Waals surface area contributed by atoms with Crippen LogP contribution in [0.2, 0.25) is 5.02 Å². The van der Waals surface area contributed by atoms with Crippen LogP contribution in [0, 0.1) is 12.7 Å². The van der Waals surface area contributed by atoms with Crippen molar-refractivity contribution in [3.05, 3.63) is 58.4 Å². The molecule has 0 saturated carbocycles. The highest BCUT2D eigenvalue weighted by atomic mass is 35.5. The fourth-order valence-corrected chi connectivity index (χ4v) is 1.89. The first-order chi connectivity index (χ1) is 8.58. The number of halogens is 2. The fourth-order valence-electron chi connectivity index (χ4n) is 1.65. The van der Waals surface area contributed by atoms with E-state index in [1.54, 1.807) is 31.2 Å². The van der Waals surface area contributed by atoms with Crippen LogP contribution in [0.3, 0.4) is 0 Å². The first kappa shape index (κ1) is 12.7. The number of hydrogen-bond donors (Lipinski definition) is 1. The van der Waals surface area contributed by atoms with Crippen LogP contribution in [0.5, 0.6) is 5.75 Å². The van der Waals surface area contributed by atoms with Gasteiger partial charge in [0.05, 0.1) is 0 Å². The van der Waals surface area contributed by atoms with Crippen molar-refractivity contribution in [3.8, 4) is 5.75 Å². The number of benzene rings is 2. The van der Waals surface area contributed by atoms with Crippen molar-refractivity contribution in [1.82, 2.24) is 0 Å². The van der Waals surface area contributed by atoms with Gasteiger partial charge in [0, 0.05) is 16.3 Å². The third-order valence-electron chi connectivity index (χ3n) is 2.66. The van der Waals surface area contributed by atoms with E-state index in [0.717, 1.165) is 11.1 Å². The highest BCUT2D eigenvalue weighted by Gasteiger charge is 2.07. The highest BCUT2D eigenvalue weighted by molar-refractivity contribution is 6.31. The van der Waals surface area contributed by atoms with Crippen LogP contribution < -0.4 is 10.5 Å². The molecule has 2 rings (SSSR count). The number of aryl methyl sites for hydroxylation is 1. The average Bonchev–Trinajstić information content (AvgIpc) is 2.31. The minimum Gasteiger partial charge on any atom is -0.488 e. The third kappa shape index (κ3) is 2.74. The normalized spacial score (nSPS) is 10.4. The lowest BCUT2D eigenvalue weighted by Crippen LogP contribution is -2.02. The molecule has 0 aliphatic rings. The Bertz CT molecular complexity index is 551. The van der Waals surface area contributed by atoms with Crippen molar-refractivity contribution >= 4 is 17.3 Å². The van der Waals surface area contributed by atoms with Gasteiger partial charge in [-0.2, -0.15) is 0 Å². The molecule has 0 aromatic heterocycles. The fraction of sp³-hybridized carbons (Fsp3) is 0.143. The van der Waals surface area contributed by atoms with Gasteiger partial charge in [-0.15, -0.1) is 0 Å². The lowest BCUT2D eigenvalue weighted by atomic mass is 10.2. The number of anilines is 1. The number of rotatable bonds is 3. The van der Waals surface area contributed by atoms with Crippen LogP contribution in [-0.4, -0.2) is 0 Å². The summed E-state index contributed by atoms with van der Waals surface area (Å²) in [4.78, 5) is 0. The first-order valence-electron chi connectivity index (χ1n) is 5.50. The van der Waals surface area contributed by atoms with E-state index in [-0.39, 0.29) is 12.4 Å². The number of ether oxygens (including phenoxy) is 1. The van der Waals surface area contributed by atoms with Crippen LogP contribution in [-0.2, 0) is 6.61 Å². The van der Waals surface area contributed by atoms with E-state index in [2.05, 4.69) is 0 Å². The van der Waals surface area contributed by atoms with Crippen LogP contribution in [0.1, 0.15) is 11.1 Å². The summed E-state index contributed by atoms with van der Waals surface area (Å²) < 4.78 is 18.6. The topological polar surface area (TPSA) is 35.2 Å². The zero-order valence-corrected chi connectivity index (χ0v) is 10.7. The standard InChI is InChI=1S/C14H13ClFNO/c1-9-7-10(16)5-6-14(9)18-8-11-12(15)3-2-4-13(11)17/h2-7H,8,17H2,1H3. The molecule has 94 valence electrons. The van der Waals surface area contributed by atoms with Crippen molar-refractivity contribution in [1.29, 1.82) is 0 Å². The Morgan fingerprint density at radius 1 is 1.28 bits per heavy atom. The van der Waals surface area contributed by atoms with Crippen LogP contribution in [0.25, 0.3) is 0 Å². The summed E-state index contributed by atoms with van der Waals surface area (Å²) in [7, 11) is 0. The lowest BCUT2D eigenvalue weighted by Gasteiger charge is -2.12. The van der Waals surface area contributed by atoms with E-state index in [0.29, 0.717) is 16.5 Å². The molecule has 0 aliphatic carbocycles. The van der Waals surface area contributed by atoms with Gasteiger partial charge in [-0.25, -0.2) is 4.39 Å². The van der Waals surface area contributed by atoms with E-state index in [1.165, 1.54) is 12.1 Å². The predicted molar refractivity (Wildman–Crippen MR) is 71.3 cm³/mol. The molecule has 0 saturated heterocycles. The number of nitrogens with two attached hydrogens (primary N) is 1. The minimum absolute atomic E-state index is 0.262. The molecule has 2 nitrogen and oxygen atoms in total. The van der Waals surface area contributed by atoms with Crippen LogP contribution >= 0.6 is 11.6 Å². The second-order valence-electron chi connectivity index (χ2n) is 4.01. The van der Waals surface area contributed by atoms with Gasteiger partial charge in [-0.1, -0.05) is 17.7 Å². The van der Waals surface area contributed by atoms with Gasteiger partial charge in [0.2, 0.25) is 0 Å². The lowest BCUT2D eigenvalue weighted by molar-refractivity contribution is 0.304. The maximum atomic E-state index is 12.9. The Morgan fingerprint density at radius 2 is 2.06 bits per heavy atom. The summed E-state index contributed by atoms with van der Waals surface area (Å²) >= 11 is 6.04. The average molecular weight is 266 g/mol. The van der Waals surface area contributed by atoms with E-state index in [1.807, 2.05) is 0 Å². The largest absolute Gasteiger partial charge is 0.488 e.